The van der Waals surface area contributed by atoms with Crippen molar-refractivity contribution in [3.63, 3.8) is 0 Å². The average Bonchev–Trinajstić information content (AvgIpc) is 2.21. The van der Waals surface area contributed by atoms with Gasteiger partial charge in [0, 0.05) is 11.1 Å². The molecule has 3 heteroatoms. The molecule has 1 N–H and O–H groups in total. The summed E-state index contributed by atoms with van der Waals surface area (Å²) in [6, 6.07) is 4.87. The molecule has 0 aromatic heterocycles. The summed E-state index contributed by atoms with van der Waals surface area (Å²) < 4.78 is 12.9. The predicted octanol–water partition coefficient (Wildman–Crippen LogP) is 3.97. The van der Waals surface area contributed by atoms with Crippen molar-refractivity contribution in [3.8, 4) is 0 Å². The molecule has 1 aromatic rings. The van der Waals surface area contributed by atoms with Crippen LogP contribution < -0.4 is 5.32 Å². The maximum absolute atomic E-state index is 12.9. The highest BCUT2D eigenvalue weighted by Crippen LogP contribution is 2.20. The Hall–Kier alpha value is -0.860. The predicted molar refractivity (Wildman–Crippen MR) is 72.0 cm³/mol. The van der Waals surface area contributed by atoms with Crippen LogP contribution >= 0.6 is 11.6 Å². The van der Waals surface area contributed by atoms with E-state index in [0.717, 1.165) is 30.5 Å². The smallest absolute Gasteiger partial charge is 0.124 e. The number of halogens is 2. The monoisotopic (exact) mass is 255 g/mol. The summed E-state index contributed by atoms with van der Waals surface area (Å²) in [5.74, 6) is -0.293. The molecule has 0 saturated carbocycles. The quantitative estimate of drug-likeness (QED) is 0.759. The highest BCUT2D eigenvalue weighted by atomic mass is 35.5. The molecule has 0 aliphatic carbocycles. The van der Waals surface area contributed by atoms with Gasteiger partial charge >= 0.3 is 0 Å². The molecule has 17 heavy (non-hydrogen) atoms. The molecule has 1 atom stereocenters. The van der Waals surface area contributed by atoms with Gasteiger partial charge in [-0.1, -0.05) is 30.2 Å². The van der Waals surface area contributed by atoms with E-state index in [2.05, 4.69) is 18.8 Å². The lowest BCUT2D eigenvalue weighted by atomic mass is 10.00. The van der Waals surface area contributed by atoms with Gasteiger partial charge in [0.2, 0.25) is 0 Å². The molecular weight excluding hydrogens is 237 g/mol. The zero-order chi connectivity index (χ0) is 12.8. The number of benzene rings is 1. The number of likely N-dealkylation sites (N-methyl/N-ethyl adjacent to an activating group) is 1. The van der Waals surface area contributed by atoms with E-state index in [1.54, 1.807) is 6.07 Å². The number of hydrogen-bond acceptors (Lipinski definition) is 1. The number of nitrogens with one attached hydrogen (secondary N) is 1. The largest absolute Gasteiger partial charge is 0.314 e. The van der Waals surface area contributed by atoms with Gasteiger partial charge in [0.15, 0.2) is 0 Å². The second-order valence-corrected chi connectivity index (χ2v) is 4.76. The topological polar surface area (TPSA) is 12.0 Å². The van der Waals surface area contributed by atoms with Crippen LogP contribution in [0.25, 0.3) is 0 Å². The Bertz CT molecular complexity index is 390. The minimum atomic E-state index is -0.293. The van der Waals surface area contributed by atoms with E-state index < -0.39 is 0 Å². The molecule has 0 aliphatic heterocycles. The van der Waals surface area contributed by atoms with Crippen molar-refractivity contribution in [1.29, 1.82) is 0 Å². The van der Waals surface area contributed by atoms with Gasteiger partial charge in [0.25, 0.3) is 0 Å². The van der Waals surface area contributed by atoms with Gasteiger partial charge in [-0.05, 0) is 44.0 Å². The van der Waals surface area contributed by atoms with Gasteiger partial charge in [-0.3, -0.25) is 0 Å². The SMILES string of the molecule is C=C(C)CC(Cc1ccc(F)cc1Cl)NCC. The van der Waals surface area contributed by atoms with Crippen LogP contribution in [0.4, 0.5) is 4.39 Å². The molecule has 0 bridgehead atoms. The van der Waals surface area contributed by atoms with Crippen molar-refractivity contribution in [2.24, 2.45) is 0 Å². The van der Waals surface area contributed by atoms with Crippen molar-refractivity contribution in [2.45, 2.75) is 32.7 Å². The molecular formula is C14H19ClFN. The summed E-state index contributed by atoms with van der Waals surface area (Å²) in [4.78, 5) is 0. The lowest BCUT2D eigenvalue weighted by Crippen LogP contribution is -2.31. The van der Waals surface area contributed by atoms with Crippen molar-refractivity contribution >= 4 is 11.6 Å². The second kappa shape index (κ2) is 6.77. The van der Waals surface area contributed by atoms with Gasteiger partial charge in [-0.2, -0.15) is 0 Å². The molecule has 0 spiro atoms. The van der Waals surface area contributed by atoms with Crippen LogP contribution in [-0.2, 0) is 6.42 Å². The van der Waals surface area contributed by atoms with Gasteiger partial charge in [0.1, 0.15) is 5.82 Å². The standard InChI is InChI=1S/C14H19ClFN/c1-4-17-13(7-10(2)3)8-11-5-6-12(16)9-14(11)15/h5-6,9,13,17H,2,4,7-8H2,1,3H3. The van der Waals surface area contributed by atoms with Gasteiger partial charge in [-0.15, -0.1) is 6.58 Å². The first kappa shape index (κ1) is 14.2. The van der Waals surface area contributed by atoms with Crippen LogP contribution in [0.3, 0.4) is 0 Å². The van der Waals surface area contributed by atoms with E-state index in [1.807, 2.05) is 6.92 Å². The van der Waals surface area contributed by atoms with E-state index in [-0.39, 0.29) is 5.82 Å². The zero-order valence-corrected chi connectivity index (χ0v) is 11.1. The molecule has 0 saturated heterocycles. The fraction of sp³-hybridized carbons (Fsp3) is 0.429. The highest BCUT2D eigenvalue weighted by Gasteiger charge is 2.11. The van der Waals surface area contributed by atoms with Crippen LogP contribution in [0, 0.1) is 5.82 Å². The van der Waals surface area contributed by atoms with Gasteiger partial charge in [-0.25, -0.2) is 4.39 Å². The molecule has 1 aromatic carbocycles. The summed E-state index contributed by atoms with van der Waals surface area (Å²) in [7, 11) is 0. The first-order valence-corrected chi connectivity index (χ1v) is 6.22. The lowest BCUT2D eigenvalue weighted by Gasteiger charge is -2.18. The van der Waals surface area contributed by atoms with Crippen molar-refractivity contribution < 1.29 is 4.39 Å². The minimum absolute atomic E-state index is 0.293. The second-order valence-electron chi connectivity index (χ2n) is 4.36. The Kier molecular flexibility index (Phi) is 5.66. The summed E-state index contributed by atoms with van der Waals surface area (Å²) >= 11 is 6.02. The maximum atomic E-state index is 12.9. The first-order chi connectivity index (χ1) is 8.02. The van der Waals surface area contributed by atoms with Crippen LogP contribution in [-0.4, -0.2) is 12.6 Å². The van der Waals surface area contributed by atoms with E-state index >= 15 is 0 Å². The van der Waals surface area contributed by atoms with Gasteiger partial charge in [0.05, 0.1) is 0 Å². The molecule has 0 radical (unpaired) electrons. The van der Waals surface area contributed by atoms with Crippen LogP contribution in [0.1, 0.15) is 25.8 Å². The van der Waals surface area contributed by atoms with Crippen molar-refractivity contribution in [3.05, 3.63) is 46.8 Å². The van der Waals surface area contributed by atoms with Crippen molar-refractivity contribution in [2.75, 3.05) is 6.54 Å². The third kappa shape index (κ3) is 4.88. The van der Waals surface area contributed by atoms with E-state index in [9.17, 15) is 4.39 Å². The molecule has 1 nitrogen and oxygen atoms in total. The average molecular weight is 256 g/mol. The molecule has 0 heterocycles. The molecule has 1 unspecified atom stereocenters. The summed E-state index contributed by atoms with van der Waals surface area (Å²) in [5.41, 5.74) is 2.11. The molecule has 94 valence electrons. The van der Waals surface area contributed by atoms with E-state index in [0.29, 0.717) is 11.1 Å². The van der Waals surface area contributed by atoms with Crippen LogP contribution in [0.5, 0.6) is 0 Å². The molecule has 0 aliphatic rings. The van der Waals surface area contributed by atoms with E-state index in [1.165, 1.54) is 12.1 Å². The first-order valence-electron chi connectivity index (χ1n) is 5.84. The Balaban J connectivity index is 2.74. The Labute approximate surface area is 108 Å². The van der Waals surface area contributed by atoms with Crippen LogP contribution in [0.2, 0.25) is 5.02 Å². The summed E-state index contributed by atoms with van der Waals surface area (Å²) in [6.45, 7) is 8.90. The Morgan fingerprint density at radius 2 is 2.24 bits per heavy atom. The fourth-order valence-corrected chi connectivity index (χ4v) is 2.12. The molecule has 1 rings (SSSR count). The normalized spacial score (nSPS) is 12.5. The molecule has 0 amide bonds. The number of rotatable bonds is 6. The van der Waals surface area contributed by atoms with Crippen molar-refractivity contribution in [1.82, 2.24) is 5.32 Å². The summed E-state index contributed by atoms with van der Waals surface area (Å²) in [5, 5.41) is 3.89. The van der Waals surface area contributed by atoms with Gasteiger partial charge < -0.3 is 5.32 Å². The summed E-state index contributed by atoms with van der Waals surface area (Å²) in [6.07, 6.45) is 1.70. The minimum Gasteiger partial charge on any atom is -0.314 e. The fourth-order valence-electron chi connectivity index (χ4n) is 1.88. The Morgan fingerprint density at radius 3 is 2.76 bits per heavy atom. The molecule has 0 fully saturated rings. The third-order valence-electron chi connectivity index (χ3n) is 2.57. The van der Waals surface area contributed by atoms with E-state index in [4.69, 9.17) is 11.6 Å². The zero-order valence-electron chi connectivity index (χ0n) is 10.4. The maximum Gasteiger partial charge on any atom is 0.124 e. The third-order valence-corrected chi connectivity index (χ3v) is 2.92. The lowest BCUT2D eigenvalue weighted by molar-refractivity contribution is 0.519. The number of hydrogen-bond donors (Lipinski definition) is 1. The highest BCUT2D eigenvalue weighted by molar-refractivity contribution is 6.31. The van der Waals surface area contributed by atoms with Crippen LogP contribution in [0.15, 0.2) is 30.4 Å². The Morgan fingerprint density at radius 1 is 1.53 bits per heavy atom.